The summed E-state index contributed by atoms with van der Waals surface area (Å²) in [6.45, 7) is 0. The molecule has 0 atom stereocenters. The van der Waals surface area contributed by atoms with Crippen LogP contribution in [0.5, 0.6) is 5.75 Å². The number of hydrogen-bond acceptors (Lipinski definition) is 6. The first-order chi connectivity index (χ1) is 10.0. The summed E-state index contributed by atoms with van der Waals surface area (Å²) >= 11 is 1.43. The summed E-state index contributed by atoms with van der Waals surface area (Å²) in [7, 11) is -2.36. The van der Waals surface area contributed by atoms with E-state index in [0.717, 1.165) is 5.01 Å². The van der Waals surface area contributed by atoms with Crippen molar-refractivity contribution in [2.24, 2.45) is 0 Å². The quantitative estimate of drug-likeness (QED) is 0.871. The van der Waals surface area contributed by atoms with Gasteiger partial charge in [-0.2, -0.15) is 0 Å². The second kappa shape index (κ2) is 6.68. The SMILES string of the molecule is COc1ccc(S(=O)(=O)NC(=O)CCc2nccs2)cc1. The lowest BCUT2D eigenvalue weighted by molar-refractivity contribution is -0.119. The van der Waals surface area contributed by atoms with Crippen molar-refractivity contribution in [2.45, 2.75) is 17.7 Å². The first-order valence-corrected chi connectivity index (χ1v) is 8.45. The van der Waals surface area contributed by atoms with E-state index in [4.69, 9.17) is 4.74 Å². The van der Waals surface area contributed by atoms with E-state index in [1.165, 1.54) is 42.7 Å². The van der Waals surface area contributed by atoms with Gasteiger partial charge in [-0.3, -0.25) is 4.79 Å². The average molecular weight is 326 g/mol. The number of amides is 1. The molecule has 0 aliphatic carbocycles. The molecule has 2 aromatic rings. The highest BCUT2D eigenvalue weighted by molar-refractivity contribution is 7.90. The van der Waals surface area contributed by atoms with E-state index in [-0.39, 0.29) is 11.3 Å². The molecule has 1 N–H and O–H groups in total. The van der Waals surface area contributed by atoms with Crippen LogP contribution >= 0.6 is 11.3 Å². The number of hydrogen-bond donors (Lipinski definition) is 1. The van der Waals surface area contributed by atoms with Crippen molar-refractivity contribution >= 4 is 27.3 Å². The number of aryl methyl sites for hydroxylation is 1. The molecule has 2 rings (SSSR count). The maximum Gasteiger partial charge on any atom is 0.264 e. The lowest BCUT2D eigenvalue weighted by Crippen LogP contribution is -2.30. The molecule has 112 valence electrons. The van der Waals surface area contributed by atoms with Crippen molar-refractivity contribution in [2.75, 3.05) is 7.11 Å². The predicted molar refractivity (Wildman–Crippen MR) is 78.8 cm³/mol. The number of thiazole rings is 1. The van der Waals surface area contributed by atoms with Gasteiger partial charge in [-0.15, -0.1) is 11.3 Å². The van der Waals surface area contributed by atoms with Crippen molar-refractivity contribution < 1.29 is 17.9 Å². The highest BCUT2D eigenvalue weighted by Gasteiger charge is 2.17. The number of methoxy groups -OCH3 is 1. The Morgan fingerprint density at radius 3 is 2.62 bits per heavy atom. The Morgan fingerprint density at radius 1 is 1.33 bits per heavy atom. The van der Waals surface area contributed by atoms with Gasteiger partial charge in [-0.1, -0.05) is 0 Å². The second-order valence-corrected chi connectivity index (χ2v) is 6.79. The van der Waals surface area contributed by atoms with Crippen LogP contribution < -0.4 is 9.46 Å². The summed E-state index contributed by atoms with van der Waals surface area (Å²) in [5.74, 6) is -0.00920. The smallest absolute Gasteiger partial charge is 0.264 e. The fourth-order valence-electron chi connectivity index (χ4n) is 1.61. The van der Waals surface area contributed by atoms with E-state index in [1.54, 1.807) is 11.6 Å². The Bertz CT molecular complexity index is 694. The van der Waals surface area contributed by atoms with Crippen LogP contribution in [0.15, 0.2) is 40.7 Å². The second-order valence-electron chi connectivity index (χ2n) is 4.13. The van der Waals surface area contributed by atoms with Gasteiger partial charge in [0.05, 0.1) is 17.0 Å². The molecule has 0 saturated carbocycles. The number of rotatable bonds is 6. The van der Waals surface area contributed by atoms with Gasteiger partial charge in [0.2, 0.25) is 5.91 Å². The largest absolute Gasteiger partial charge is 0.497 e. The normalized spacial score (nSPS) is 11.1. The summed E-state index contributed by atoms with van der Waals surface area (Å²) in [6.07, 6.45) is 2.14. The Morgan fingerprint density at radius 2 is 2.05 bits per heavy atom. The molecule has 0 aliphatic rings. The number of aromatic nitrogens is 1. The summed E-state index contributed by atoms with van der Waals surface area (Å²) in [5, 5.41) is 2.61. The summed E-state index contributed by atoms with van der Waals surface area (Å²) in [4.78, 5) is 15.8. The number of carbonyl (C=O) groups is 1. The maximum absolute atomic E-state index is 12.0. The highest BCUT2D eigenvalue weighted by Crippen LogP contribution is 2.15. The monoisotopic (exact) mass is 326 g/mol. The van der Waals surface area contributed by atoms with Crippen LogP contribution in [0.3, 0.4) is 0 Å². The molecule has 0 bridgehead atoms. The van der Waals surface area contributed by atoms with Crippen LogP contribution in [0.25, 0.3) is 0 Å². The Labute approximate surface area is 126 Å². The molecule has 1 aromatic heterocycles. The third-order valence-corrected chi connectivity index (χ3v) is 4.90. The molecule has 1 aromatic carbocycles. The van der Waals surface area contributed by atoms with Crippen LogP contribution in [-0.2, 0) is 21.2 Å². The van der Waals surface area contributed by atoms with E-state index in [1.807, 2.05) is 4.72 Å². The van der Waals surface area contributed by atoms with Crippen LogP contribution in [0, 0.1) is 0 Å². The molecule has 0 unspecified atom stereocenters. The van der Waals surface area contributed by atoms with Gasteiger partial charge in [-0.05, 0) is 24.3 Å². The first kappa shape index (κ1) is 15.5. The number of ether oxygens (including phenoxy) is 1. The number of carbonyl (C=O) groups excluding carboxylic acids is 1. The molecular weight excluding hydrogens is 312 g/mol. The van der Waals surface area contributed by atoms with Crippen molar-refractivity contribution in [3.63, 3.8) is 0 Å². The standard InChI is InChI=1S/C13H14N2O4S2/c1-19-10-2-4-11(5-3-10)21(17,18)15-12(16)6-7-13-14-8-9-20-13/h2-5,8-9H,6-7H2,1H3,(H,15,16). The van der Waals surface area contributed by atoms with Crippen molar-refractivity contribution in [1.29, 1.82) is 0 Å². The Kier molecular flexibility index (Phi) is 4.92. The lowest BCUT2D eigenvalue weighted by atomic mass is 10.3. The number of benzene rings is 1. The zero-order chi connectivity index (χ0) is 15.3. The predicted octanol–water partition coefficient (Wildman–Crippen LogP) is 1.59. The minimum Gasteiger partial charge on any atom is -0.497 e. The van der Waals surface area contributed by atoms with Crippen LogP contribution in [-0.4, -0.2) is 26.4 Å². The third kappa shape index (κ3) is 4.27. The molecule has 0 radical (unpaired) electrons. The molecule has 8 heteroatoms. The minimum atomic E-state index is -3.85. The molecule has 1 heterocycles. The topological polar surface area (TPSA) is 85.4 Å². The van der Waals surface area contributed by atoms with Crippen molar-refractivity contribution in [3.8, 4) is 5.75 Å². The summed E-state index contributed by atoms with van der Waals surface area (Å²) in [6, 6.07) is 5.81. The first-order valence-electron chi connectivity index (χ1n) is 6.09. The molecule has 21 heavy (non-hydrogen) atoms. The zero-order valence-corrected chi connectivity index (χ0v) is 12.9. The molecule has 1 amide bonds. The molecule has 0 fully saturated rings. The van der Waals surface area contributed by atoms with Gasteiger partial charge in [0.1, 0.15) is 5.75 Å². The lowest BCUT2D eigenvalue weighted by Gasteiger charge is -2.07. The molecule has 0 aliphatic heterocycles. The third-order valence-electron chi connectivity index (χ3n) is 2.67. The van der Waals surface area contributed by atoms with Gasteiger partial charge in [0, 0.05) is 24.4 Å². The van der Waals surface area contributed by atoms with Crippen molar-refractivity contribution in [1.82, 2.24) is 9.71 Å². The molecule has 0 spiro atoms. The van der Waals surface area contributed by atoms with E-state index in [0.29, 0.717) is 12.2 Å². The number of nitrogens with one attached hydrogen (secondary N) is 1. The highest BCUT2D eigenvalue weighted by atomic mass is 32.2. The van der Waals surface area contributed by atoms with Gasteiger partial charge >= 0.3 is 0 Å². The van der Waals surface area contributed by atoms with Gasteiger partial charge in [0.15, 0.2) is 0 Å². The van der Waals surface area contributed by atoms with Gasteiger partial charge in [-0.25, -0.2) is 18.1 Å². The number of sulfonamides is 1. The Balaban J connectivity index is 1.97. The zero-order valence-electron chi connectivity index (χ0n) is 11.3. The fraction of sp³-hybridized carbons (Fsp3) is 0.231. The van der Waals surface area contributed by atoms with Crippen molar-refractivity contribution in [3.05, 3.63) is 40.8 Å². The van der Waals surface area contributed by atoms with E-state index in [2.05, 4.69) is 4.98 Å². The number of nitrogens with zero attached hydrogens (tertiary/aromatic N) is 1. The Hall–Kier alpha value is -1.93. The maximum atomic E-state index is 12.0. The fourth-order valence-corrected chi connectivity index (χ4v) is 3.25. The molecular formula is C13H14N2O4S2. The minimum absolute atomic E-state index is 0.0194. The van der Waals surface area contributed by atoms with E-state index < -0.39 is 15.9 Å². The average Bonchev–Trinajstić information content (AvgIpc) is 2.98. The molecule has 6 nitrogen and oxygen atoms in total. The van der Waals surface area contributed by atoms with Crippen LogP contribution in [0.2, 0.25) is 0 Å². The van der Waals surface area contributed by atoms with Gasteiger partial charge in [0.25, 0.3) is 10.0 Å². The summed E-state index contributed by atoms with van der Waals surface area (Å²) < 4.78 is 31.0. The van der Waals surface area contributed by atoms with Crippen LogP contribution in [0.1, 0.15) is 11.4 Å². The van der Waals surface area contributed by atoms with E-state index in [9.17, 15) is 13.2 Å². The van der Waals surface area contributed by atoms with Gasteiger partial charge < -0.3 is 4.74 Å². The van der Waals surface area contributed by atoms with Crippen LogP contribution in [0.4, 0.5) is 0 Å². The molecule has 0 saturated heterocycles. The van der Waals surface area contributed by atoms with E-state index >= 15 is 0 Å². The summed E-state index contributed by atoms with van der Waals surface area (Å²) in [5.41, 5.74) is 0.